The highest BCUT2D eigenvalue weighted by Crippen LogP contribution is 2.30. The van der Waals surface area contributed by atoms with Crippen molar-refractivity contribution in [2.75, 3.05) is 5.32 Å². The summed E-state index contributed by atoms with van der Waals surface area (Å²) in [7, 11) is 0. The minimum Gasteiger partial charge on any atom is -0.505 e. The Morgan fingerprint density at radius 1 is 1.06 bits per heavy atom. The van der Waals surface area contributed by atoms with E-state index in [-0.39, 0.29) is 5.56 Å². The zero-order chi connectivity index (χ0) is 25.2. The fraction of sp³-hybridized carbons (Fsp3) is 0.0800. The Bertz CT molecular complexity index is 1240. The van der Waals surface area contributed by atoms with Crippen molar-refractivity contribution in [3.05, 3.63) is 102 Å². The number of hydroxylamine groups is 1. The predicted molar refractivity (Wildman–Crippen MR) is 122 cm³/mol. The summed E-state index contributed by atoms with van der Waals surface area (Å²) in [6.07, 6.45) is -1.21. The van der Waals surface area contributed by atoms with Gasteiger partial charge in [-0.3, -0.25) is 15.3 Å². The Kier molecular flexibility index (Phi) is 8.37. The van der Waals surface area contributed by atoms with Gasteiger partial charge in [0.25, 0.3) is 5.91 Å². The lowest BCUT2D eigenvalue weighted by atomic mass is 10.0. The van der Waals surface area contributed by atoms with Gasteiger partial charge in [0.1, 0.15) is 5.75 Å². The van der Waals surface area contributed by atoms with Crippen LogP contribution in [0.25, 0.3) is 0 Å². The highest BCUT2D eigenvalue weighted by atomic mass is 19.1. The Balaban J connectivity index is 1.94. The second-order valence-corrected chi connectivity index (χ2v) is 7.08. The summed E-state index contributed by atoms with van der Waals surface area (Å²) < 4.78 is 25.6. The van der Waals surface area contributed by atoms with Crippen molar-refractivity contribution in [1.29, 1.82) is 5.26 Å². The third-order valence-corrected chi connectivity index (χ3v) is 4.66. The number of phenolic OH excluding ortho intramolecular Hbond substituents is 1. The minimum absolute atomic E-state index is 0.116. The first-order valence-electron chi connectivity index (χ1n) is 10.2. The monoisotopic (exact) mass is 477 g/mol. The molecule has 0 radical (unpaired) electrons. The Morgan fingerprint density at radius 2 is 1.77 bits per heavy atom. The van der Waals surface area contributed by atoms with Crippen molar-refractivity contribution < 1.29 is 33.8 Å². The summed E-state index contributed by atoms with van der Waals surface area (Å²) in [5.74, 6) is -2.08. The third kappa shape index (κ3) is 7.05. The first-order chi connectivity index (χ1) is 16.9. The molecule has 0 unspecified atom stereocenters. The van der Waals surface area contributed by atoms with Gasteiger partial charge in [-0.25, -0.2) is 14.7 Å². The topological polar surface area (TPSA) is 141 Å². The van der Waals surface area contributed by atoms with Gasteiger partial charge < -0.3 is 14.6 Å². The van der Waals surface area contributed by atoms with Crippen molar-refractivity contribution >= 4 is 17.7 Å². The Hall–Kier alpha value is -4.88. The SMILES string of the molecule is N#Cc1ccc(NC(=O)O[C@H](c2ccc(O)c(F)c2)[C@@H](/C=C/C(=O)NO)Oc2ccccc2)cc1. The van der Waals surface area contributed by atoms with Gasteiger partial charge in [0, 0.05) is 11.8 Å². The molecule has 0 bridgehead atoms. The number of anilines is 1. The highest BCUT2D eigenvalue weighted by molar-refractivity contribution is 5.86. The van der Waals surface area contributed by atoms with Gasteiger partial charge in [0.2, 0.25) is 0 Å². The van der Waals surface area contributed by atoms with Crippen molar-refractivity contribution in [3.8, 4) is 17.6 Å². The molecule has 9 nitrogen and oxygen atoms in total. The number of para-hydroxylation sites is 1. The van der Waals surface area contributed by atoms with Gasteiger partial charge in [-0.05, 0) is 60.2 Å². The van der Waals surface area contributed by atoms with E-state index in [1.54, 1.807) is 30.3 Å². The van der Waals surface area contributed by atoms with Crippen LogP contribution in [0.2, 0.25) is 0 Å². The summed E-state index contributed by atoms with van der Waals surface area (Å²) in [6.45, 7) is 0. The molecule has 0 spiro atoms. The second kappa shape index (κ2) is 11.8. The number of ether oxygens (including phenoxy) is 2. The standard InChI is InChI=1S/C25H20FN3O6/c26-20-14-17(8-11-21(20)30)24(35-25(32)28-18-9-6-16(15-27)7-10-18)22(12-13-23(31)29-33)34-19-4-2-1-3-5-19/h1-14,22,24,30,33H,(H,28,32)(H,29,31)/b13-12+/t22-,24-/m1/s1. The molecule has 0 saturated heterocycles. The number of benzene rings is 3. The van der Waals surface area contributed by atoms with Crippen LogP contribution in [-0.4, -0.2) is 28.4 Å². The van der Waals surface area contributed by atoms with Crippen LogP contribution in [0.3, 0.4) is 0 Å². The normalized spacial score (nSPS) is 12.3. The summed E-state index contributed by atoms with van der Waals surface area (Å²) in [6, 6.07) is 19.7. The fourth-order valence-corrected chi connectivity index (χ4v) is 2.99. The van der Waals surface area contributed by atoms with Gasteiger partial charge in [-0.15, -0.1) is 0 Å². The maximum absolute atomic E-state index is 14.2. The molecule has 0 aliphatic rings. The molecule has 10 heteroatoms. The molecule has 178 valence electrons. The van der Waals surface area contributed by atoms with E-state index in [4.69, 9.17) is 19.9 Å². The van der Waals surface area contributed by atoms with Crippen molar-refractivity contribution in [2.24, 2.45) is 0 Å². The van der Waals surface area contributed by atoms with Gasteiger partial charge in [0.05, 0.1) is 11.6 Å². The molecular formula is C25H20FN3O6. The number of carbonyl (C=O) groups is 2. The van der Waals surface area contributed by atoms with E-state index < -0.39 is 35.8 Å². The van der Waals surface area contributed by atoms with E-state index in [1.807, 2.05) is 6.07 Å². The molecule has 0 heterocycles. The number of hydrogen-bond acceptors (Lipinski definition) is 7. The molecule has 0 aliphatic heterocycles. The molecular weight excluding hydrogens is 457 g/mol. The maximum Gasteiger partial charge on any atom is 0.412 e. The molecule has 2 amide bonds. The molecule has 4 N–H and O–H groups in total. The number of aromatic hydroxyl groups is 1. The van der Waals surface area contributed by atoms with Gasteiger partial charge in [-0.1, -0.05) is 24.3 Å². The molecule has 0 aliphatic carbocycles. The summed E-state index contributed by atoms with van der Waals surface area (Å²) in [5.41, 5.74) is 2.29. The predicted octanol–water partition coefficient (Wildman–Crippen LogP) is 4.20. The Morgan fingerprint density at radius 3 is 2.40 bits per heavy atom. The van der Waals surface area contributed by atoms with Gasteiger partial charge in [0.15, 0.2) is 23.8 Å². The first-order valence-corrected chi connectivity index (χ1v) is 10.2. The quantitative estimate of drug-likeness (QED) is 0.216. The highest BCUT2D eigenvalue weighted by Gasteiger charge is 2.29. The molecule has 3 aromatic rings. The number of phenols is 1. The smallest absolute Gasteiger partial charge is 0.412 e. The number of rotatable bonds is 8. The zero-order valence-electron chi connectivity index (χ0n) is 18.1. The van der Waals surface area contributed by atoms with E-state index in [9.17, 15) is 19.1 Å². The largest absolute Gasteiger partial charge is 0.505 e. The first kappa shape index (κ1) is 24.8. The van der Waals surface area contributed by atoms with Crippen molar-refractivity contribution in [2.45, 2.75) is 12.2 Å². The van der Waals surface area contributed by atoms with E-state index in [2.05, 4.69) is 5.32 Å². The van der Waals surface area contributed by atoms with Crippen LogP contribution in [0, 0.1) is 17.1 Å². The number of nitriles is 1. The number of nitrogens with zero attached hydrogens (tertiary/aromatic N) is 1. The summed E-state index contributed by atoms with van der Waals surface area (Å²) in [4.78, 5) is 24.3. The summed E-state index contributed by atoms with van der Waals surface area (Å²) in [5, 5.41) is 29.8. The maximum atomic E-state index is 14.2. The number of carbonyl (C=O) groups excluding carboxylic acids is 2. The number of halogens is 1. The molecule has 35 heavy (non-hydrogen) atoms. The van der Waals surface area contributed by atoms with Gasteiger partial charge in [-0.2, -0.15) is 5.26 Å². The van der Waals surface area contributed by atoms with Crippen molar-refractivity contribution in [1.82, 2.24) is 5.48 Å². The van der Waals surface area contributed by atoms with Gasteiger partial charge >= 0.3 is 6.09 Å². The van der Waals surface area contributed by atoms with Crippen molar-refractivity contribution in [3.63, 3.8) is 0 Å². The molecule has 0 aromatic heterocycles. The minimum atomic E-state index is -1.30. The lowest BCUT2D eigenvalue weighted by Crippen LogP contribution is -2.30. The van der Waals surface area contributed by atoms with Crippen LogP contribution < -0.4 is 15.5 Å². The fourth-order valence-electron chi connectivity index (χ4n) is 2.99. The molecule has 2 atom stereocenters. The van der Waals surface area contributed by atoms with E-state index in [0.717, 1.165) is 18.2 Å². The molecule has 3 rings (SSSR count). The van der Waals surface area contributed by atoms with E-state index >= 15 is 0 Å². The molecule has 0 saturated carbocycles. The van der Waals surface area contributed by atoms with Crippen LogP contribution in [0.5, 0.6) is 11.5 Å². The number of nitrogens with one attached hydrogen (secondary N) is 2. The van der Waals surface area contributed by atoms with E-state index in [1.165, 1.54) is 41.9 Å². The summed E-state index contributed by atoms with van der Waals surface area (Å²) >= 11 is 0. The third-order valence-electron chi connectivity index (χ3n) is 4.66. The van der Waals surface area contributed by atoms with Crippen LogP contribution in [0.15, 0.2) is 84.9 Å². The van der Waals surface area contributed by atoms with Crippen LogP contribution in [0.4, 0.5) is 14.9 Å². The lowest BCUT2D eigenvalue weighted by molar-refractivity contribution is -0.124. The van der Waals surface area contributed by atoms with E-state index in [0.29, 0.717) is 17.0 Å². The second-order valence-electron chi connectivity index (χ2n) is 7.08. The number of amides is 2. The Labute approximate surface area is 199 Å². The van der Waals surface area contributed by atoms with Crippen LogP contribution in [0.1, 0.15) is 17.2 Å². The molecule has 0 fully saturated rings. The lowest BCUT2D eigenvalue weighted by Gasteiger charge is -2.26. The van der Waals surface area contributed by atoms with Crippen LogP contribution in [-0.2, 0) is 9.53 Å². The average molecular weight is 477 g/mol. The number of hydrogen-bond donors (Lipinski definition) is 4. The zero-order valence-corrected chi connectivity index (χ0v) is 18.1. The average Bonchev–Trinajstić information content (AvgIpc) is 2.87. The molecule has 3 aromatic carbocycles. The van der Waals surface area contributed by atoms with Crippen LogP contribution >= 0.6 is 0 Å².